The van der Waals surface area contributed by atoms with Crippen LogP contribution in [0.4, 0.5) is 4.79 Å². The number of amides is 2. The predicted octanol–water partition coefficient (Wildman–Crippen LogP) is 1.27. The molecule has 5 nitrogen and oxygen atoms in total. The molecule has 0 radical (unpaired) electrons. The maximum absolute atomic E-state index is 11.9. The molecule has 0 spiro atoms. The van der Waals surface area contributed by atoms with Crippen molar-refractivity contribution in [1.82, 2.24) is 10.2 Å². The van der Waals surface area contributed by atoms with Crippen LogP contribution < -0.4 is 5.32 Å². The number of carbonyl (C=O) groups is 2. The van der Waals surface area contributed by atoms with E-state index in [4.69, 9.17) is 0 Å². The van der Waals surface area contributed by atoms with Crippen molar-refractivity contribution < 1.29 is 14.7 Å². The molecule has 1 unspecified atom stereocenters. The molecule has 1 atom stereocenters. The molecule has 1 fully saturated rings. The van der Waals surface area contributed by atoms with Gasteiger partial charge in [0.15, 0.2) is 0 Å². The maximum Gasteiger partial charge on any atom is 0.281 e. The van der Waals surface area contributed by atoms with Gasteiger partial charge in [0.2, 0.25) is 5.91 Å². The van der Waals surface area contributed by atoms with E-state index >= 15 is 0 Å². The number of thioether (sulfide) groups is 1. The highest BCUT2D eigenvalue weighted by atomic mass is 32.2. The number of benzene rings is 1. The summed E-state index contributed by atoms with van der Waals surface area (Å²) in [7, 11) is 0. The first kappa shape index (κ1) is 15.9. The first-order valence-corrected chi connectivity index (χ1v) is 8.03. The van der Waals surface area contributed by atoms with E-state index in [1.54, 1.807) is 4.90 Å². The van der Waals surface area contributed by atoms with Gasteiger partial charge in [-0.05, 0) is 12.0 Å². The van der Waals surface area contributed by atoms with Crippen molar-refractivity contribution in [2.45, 2.75) is 18.9 Å². The van der Waals surface area contributed by atoms with E-state index in [0.29, 0.717) is 19.5 Å². The molecule has 6 heteroatoms. The van der Waals surface area contributed by atoms with Crippen molar-refractivity contribution in [3.05, 3.63) is 35.9 Å². The van der Waals surface area contributed by atoms with Crippen LogP contribution in [-0.2, 0) is 11.2 Å². The Morgan fingerprint density at radius 1 is 1.38 bits per heavy atom. The molecule has 114 valence electrons. The predicted molar refractivity (Wildman–Crippen MR) is 83.2 cm³/mol. The zero-order valence-electron chi connectivity index (χ0n) is 11.8. The minimum atomic E-state index is -0.288. The van der Waals surface area contributed by atoms with Gasteiger partial charge in [-0.1, -0.05) is 42.1 Å². The van der Waals surface area contributed by atoms with Gasteiger partial charge >= 0.3 is 0 Å². The Kier molecular flexibility index (Phi) is 6.07. The smallest absolute Gasteiger partial charge is 0.281 e. The number of hydrogen-bond acceptors (Lipinski definition) is 4. The van der Waals surface area contributed by atoms with E-state index in [2.05, 4.69) is 5.32 Å². The maximum atomic E-state index is 11.9. The number of aliphatic hydroxyl groups excluding tert-OH is 1. The van der Waals surface area contributed by atoms with Crippen molar-refractivity contribution >= 4 is 22.9 Å². The number of rotatable bonds is 7. The van der Waals surface area contributed by atoms with E-state index in [0.717, 1.165) is 11.3 Å². The third-order valence-corrected chi connectivity index (χ3v) is 4.26. The largest absolute Gasteiger partial charge is 0.394 e. The SMILES string of the molecule is O=C(CCN1CCSC1=O)NC(CO)Cc1ccccc1. The van der Waals surface area contributed by atoms with E-state index in [9.17, 15) is 14.7 Å². The van der Waals surface area contributed by atoms with Crippen LogP contribution in [-0.4, -0.2) is 52.6 Å². The standard InChI is InChI=1S/C15H20N2O3S/c18-11-13(10-12-4-2-1-3-5-12)16-14(19)6-7-17-8-9-21-15(17)20/h1-5,13,18H,6-11H2,(H,16,19). The monoisotopic (exact) mass is 308 g/mol. The Hall–Kier alpha value is -1.53. The molecular weight excluding hydrogens is 288 g/mol. The van der Waals surface area contributed by atoms with E-state index < -0.39 is 0 Å². The highest BCUT2D eigenvalue weighted by molar-refractivity contribution is 8.13. The third kappa shape index (κ3) is 5.06. The first-order chi connectivity index (χ1) is 10.2. The third-order valence-electron chi connectivity index (χ3n) is 3.36. The summed E-state index contributed by atoms with van der Waals surface area (Å²) in [6.45, 7) is 1.06. The van der Waals surface area contributed by atoms with Crippen molar-refractivity contribution in [2.24, 2.45) is 0 Å². The molecule has 1 aromatic carbocycles. The summed E-state index contributed by atoms with van der Waals surface area (Å²) in [6, 6.07) is 9.44. The van der Waals surface area contributed by atoms with Gasteiger partial charge < -0.3 is 15.3 Å². The van der Waals surface area contributed by atoms with Crippen LogP contribution in [0.3, 0.4) is 0 Å². The fourth-order valence-electron chi connectivity index (χ4n) is 2.22. The Morgan fingerprint density at radius 2 is 2.14 bits per heavy atom. The topological polar surface area (TPSA) is 69.6 Å². The lowest BCUT2D eigenvalue weighted by molar-refractivity contribution is -0.122. The van der Waals surface area contributed by atoms with Gasteiger partial charge in [-0.25, -0.2) is 0 Å². The van der Waals surface area contributed by atoms with Crippen LogP contribution in [0.1, 0.15) is 12.0 Å². The average Bonchev–Trinajstić information content (AvgIpc) is 2.91. The second-order valence-electron chi connectivity index (χ2n) is 4.99. The molecule has 21 heavy (non-hydrogen) atoms. The van der Waals surface area contributed by atoms with Crippen molar-refractivity contribution in [2.75, 3.05) is 25.4 Å². The molecule has 1 heterocycles. The minimum Gasteiger partial charge on any atom is -0.394 e. The summed E-state index contributed by atoms with van der Waals surface area (Å²) in [5.74, 6) is 0.669. The van der Waals surface area contributed by atoms with E-state index in [1.165, 1.54) is 11.8 Å². The van der Waals surface area contributed by atoms with Gasteiger partial charge in [0.05, 0.1) is 12.6 Å². The molecule has 0 aromatic heterocycles. The lowest BCUT2D eigenvalue weighted by Crippen LogP contribution is -2.40. The van der Waals surface area contributed by atoms with Gasteiger partial charge in [0, 0.05) is 25.3 Å². The summed E-state index contributed by atoms with van der Waals surface area (Å²) >= 11 is 1.29. The van der Waals surface area contributed by atoms with Gasteiger partial charge in [0.25, 0.3) is 5.24 Å². The Bertz CT molecular complexity index is 481. The molecular formula is C15H20N2O3S. The van der Waals surface area contributed by atoms with E-state index in [-0.39, 0.29) is 30.2 Å². The Balaban J connectivity index is 1.75. The van der Waals surface area contributed by atoms with Crippen LogP contribution in [0.15, 0.2) is 30.3 Å². The summed E-state index contributed by atoms with van der Waals surface area (Å²) in [4.78, 5) is 25.0. The molecule has 1 aromatic rings. The fraction of sp³-hybridized carbons (Fsp3) is 0.467. The van der Waals surface area contributed by atoms with Gasteiger partial charge in [0.1, 0.15) is 0 Å². The van der Waals surface area contributed by atoms with Crippen molar-refractivity contribution in [1.29, 1.82) is 0 Å². The second-order valence-corrected chi connectivity index (χ2v) is 6.03. The quantitative estimate of drug-likeness (QED) is 0.796. The molecule has 1 aliphatic heterocycles. The van der Waals surface area contributed by atoms with Crippen LogP contribution in [0, 0.1) is 0 Å². The highest BCUT2D eigenvalue weighted by Gasteiger charge is 2.21. The lowest BCUT2D eigenvalue weighted by Gasteiger charge is -2.18. The van der Waals surface area contributed by atoms with Crippen LogP contribution in [0.5, 0.6) is 0 Å². The zero-order valence-corrected chi connectivity index (χ0v) is 12.6. The molecule has 0 saturated carbocycles. The lowest BCUT2D eigenvalue weighted by atomic mass is 10.1. The normalized spacial score (nSPS) is 16.0. The van der Waals surface area contributed by atoms with Gasteiger partial charge in [-0.2, -0.15) is 0 Å². The number of hydrogen-bond donors (Lipinski definition) is 2. The molecule has 0 aliphatic carbocycles. The summed E-state index contributed by atoms with van der Waals surface area (Å²) in [5, 5.41) is 12.2. The molecule has 1 aliphatic rings. The number of aliphatic hydroxyl groups is 1. The van der Waals surface area contributed by atoms with Gasteiger partial charge in [-0.15, -0.1) is 0 Å². The van der Waals surface area contributed by atoms with E-state index in [1.807, 2.05) is 30.3 Å². The van der Waals surface area contributed by atoms with Crippen LogP contribution in [0.25, 0.3) is 0 Å². The number of nitrogens with zero attached hydrogens (tertiary/aromatic N) is 1. The molecule has 2 rings (SSSR count). The van der Waals surface area contributed by atoms with Crippen LogP contribution in [0.2, 0.25) is 0 Å². The van der Waals surface area contributed by atoms with Crippen molar-refractivity contribution in [3.8, 4) is 0 Å². The molecule has 0 bridgehead atoms. The first-order valence-electron chi connectivity index (χ1n) is 7.05. The molecule has 1 saturated heterocycles. The summed E-state index contributed by atoms with van der Waals surface area (Å²) in [6.07, 6.45) is 0.874. The summed E-state index contributed by atoms with van der Waals surface area (Å²) < 4.78 is 0. The molecule has 2 amide bonds. The second kappa shape index (κ2) is 8.05. The van der Waals surface area contributed by atoms with Gasteiger partial charge in [-0.3, -0.25) is 9.59 Å². The fourth-order valence-corrected chi connectivity index (χ4v) is 3.08. The number of nitrogens with one attached hydrogen (secondary N) is 1. The average molecular weight is 308 g/mol. The number of carbonyl (C=O) groups excluding carboxylic acids is 2. The van der Waals surface area contributed by atoms with Crippen molar-refractivity contribution in [3.63, 3.8) is 0 Å². The Morgan fingerprint density at radius 3 is 2.76 bits per heavy atom. The summed E-state index contributed by atoms with van der Waals surface area (Å²) in [5.41, 5.74) is 1.07. The van der Waals surface area contributed by atoms with Crippen LogP contribution >= 0.6 is 11.8 Å². The Labute approximate surface area is 128 Å². The molecule has 2 N–H and O–H groups in total. The highest BCUT2D eigenvalue weighted by Crippen LogP contribution is 2.17. The zero-order chi connectivity index (χ0) is 15.1. The minimum absolute atomic E-state index is 0.0470.